The highest BCUT2D eigenvalue weighted by Gasteiger charge is 2.16. The van der Waals surface area contributed by atoms with E-state index in [1.807, 2.05) is 0 Å². The van der Waals surface area contributed by atoms with Gasteiger partial charge in [0.25, 0.3) is 5.91 Å². The van der Waals surface area contributed by atoms with Crippen molar-refractivity contribution < 1.29 is 9.18 Å². The zero-order chi connectivity index (χ0) is 17.5. The summed E-state index contributed by atoms with van der Waals surface area (Å²) in [7, 11) is 1.67. The van der Waals surface area contributed by atoms with E-state index < -0.39 is 6.67 Å². The van der Waals surface area contributed by atoms with Crippen molar-refractivity contribution in [3.63, 3.8) is 0 Å². The molecule has 0 unspecified atom stereocenters. The van der Waals surface area contributed by atoms with E-state index >= 15 is 0 Å². The van der Waals surface area contributed by atoms with Crippen LogP contribution in [0.1, 0.15) is 28.2 Å². The summed E-state index contributed by atoms with van der Waals surface area (Å²) in [5.74, 6) is 5.57. The van der Waals surface area contributed by atoms with Gasteiger partial charge in [-0.15, -0.1) is 0 Å². The molecule has 1 aromatic carbocycles. The molecule has 24 heavy (non-hydrogen) atoms. The number of aromatic nitrogens is 1. The van der Waals surface area contributed by atoms with Crippen molar-refractivity contribution in [1.82, 2.24) is 9.88 Å². The molecule has 2 rings (SSSR count). The largest absolute Gasteiger partial charge is 0.341 e. The molecule has 0 N–H and O–H groups in total. The van der Waals surface area contributed by atoms with Crippen molar-refractivity contribution in [2.75, 3.05) is 13.6 Å². The van der Waals surface area contributed by atoms with Gasteiger partial charge in [0.05, 0.1) is 21.3 Å². The Bertz CT molecular complexity index is 799. The number of pyridine rings is 1. The van der Waals surface area contributed by atoms with Gasteiger partial charge in [-0.05, 0) is 30.2 Å². The maximum Gasteiger partial charge on any atom is 0.255 e. The highest BCUT2D eigenvalue weighted by molar-refractivity contribution is 6.43. The third-order valence-corrected chi connectivity index (χ3v) is 4.08. The number of hydrogen-bond acceptors (Lipinski definition) is 2. The number of carbonyl (C=O) groups is 1. The number of benzene rings is 1. The fourth-order valence-electron chi connectivity index (χ4n) is 1.98. The molecule has 6 heteroatoms. The summed E-state index contributed by atoms with van der Waals surface area (Å²) in [6, 6.07) is 9.97. The maximum absolute atomic E-state index is 12.5. The SMILES string of the molecule is CN(CCC#Cc1cccc(CF)n1)C(=O)c1cccc(Cl)c1Cl. The summed E-state index contributed by atoms with van der Waals surface area (Å²) in [5.41, 5.74) is 1.22. The summed E-state index contributed by atoms with van der Waals surface area (Å²) in [6.07, 6.45) is 0.460. The maximum atomic E-state index is 12.5. The van der Waals surface area contributed by atoms with Crippen molar-refractivity contribution in [2.24, 2.45) is 0 Å². The van der Waals surface area contributed by atoms with Crippen LogP contribution in [-0.4, -0.2) is 29.4 Å². The molecule has 3 nitrogen and oxygen atoms in total. The Morgan fingerprint density at radius 1 is 1.25 bits per heavy atom. The Morgan fingerprint density at radius 3 is 2.75 bits per heavy atom. The van der Waals surface area contributed by atoms with Crippen LogP contribution >= 0.6 is 23.2 Å². The fourth-order valence-corrected chi connectivity index (χ4v) is 2.36. The monoisotopic (exact) mass is 364 g/mol. The number of rotatable bonds is 4. The summed E-state index contributed by atoms with van der Waals surface area (Å²) in [6.45, 7) is -0.190. The fraction of sp³-hybridized carbons (Fsp3) is 0.222. The zero-order valence-corrected chi connectivity index (χ0v) is 14.5. The molecule has 0 fully saturated rings. The van der Waals surface area contributed by atoms with E-state index in [9.17, 15) is 9.18 Å². The predicted octanol–water partition coefficient (Wildman–Crippen LogP) is 4.37. The predicted molar refractivity (Wildman–Crippen MR) is 94.0 cm³/mol. The van der Waals surface area contributed by atoms with E-state index in [1.165, 1.54) is 4.90 Å². The first kappa shape index (κ1) is 18.3. The molecule has 0 aliphatic heterocycles. The van der Waals surface area contributed by atoms with Crippen LogP contribution in [0, 0.1) is 11.8 Å². The zero-order valence-electron chi connectivity index (χ0n) is 13.0. The quantitative estimate of drug-likeness (QED) is 0.754. The standard InChI is InChI=1S/C18H15Cl2FN2O/c1-23(18(24)15-9-5-10-16(19)17(15)20)11-3-2-6-13-7-4-8-14(12-21)22-13/h4-5,7-10H,3,11-12H2,1H3. The van der Waals surface area contributed by atoms with Gasteiger partial charge in [0.15, 0.2) is 0 Å². The lowest BCUT2D eigenvalue weighted by atomic mass is 10.2. The van der Waals surface area contributed by atoms with Crippen LogP contribution in [0.4, 0.5) is 4.39 Å². The topological polar surface area (TPSA) is 33.2 Å². The van der Waals surface area contributed by atoms with Crippen LogP contribution in [0.3, 0.4) is 0 Å². The average molecular weight is 365 g/mol. The Kier molecular flexibility index (Phi) is 6.60. The molecular weight excluding hydrogens is 350 g/mol. The smallest absolute Gasteiger partial charge is 0.255 e. The van der Waals surface area contributed by atoms with Crippen molar-refractivity contribution in [1.29, 1.82) is 0 Å². The lowest BCUT2D eigenvalue weighted by Crippen LogP contribution is -2.27. The van der Waals surface area contributed by atoms with Crippen LogP contribution < -0.4 is 0 Å². The lowest BCUT2D eigenvalue weighted by molar-refractivity contribution is 0.0798. The summed E-state index contributed by atoms with van der Waals surface area (Å²) in [4.78, 5) is 17.9. The number of halogens is 3. The molecule has 2 aromatic rings. The second-order valence-electron chi connectivity index (χ2n) is 5.03. The van der Waals surface area contributed by atoms with Crippen LogP contribution in [0.2, 0.25) is 10.0 Å². The van der Waals surface area contributed by atoms with Crippen LogP contribution in [-0.2, 0) is 6.67 Å². The van der Waals surface area contributed by atoms with Crippen LogP contribution in [0.25, 0.3) is 0 Å². The van der Waals surface area contributed by atoms with E-state index in [-0.39, 0.29) is 10.9 Å². The summed E-state index contributed by atoms with van der Waals surface area (Å²) >= 11 is 12.0. The van der Waals surface area contributed by atoms with E-state index in [2.05, 4.69) is 16.8 Å². The molecular formula is C18H15Cl2FN2O. The van der Waals surface area contributed by atoms with Gasteiger partial charge in [-0.3, -0.25) is 4.79 Å². The highest BCUT2D eigenvalue weighted by atomic mass is 35.5. The van der Waals surface area contributed by atoms with Crippen LogP contribution in [0.5, 0.6) is 0 Å². The molecule has 0 bridgehead atoms. The van der Waals surface area contributed by atoms with Crippen molar-refractivity contribution in [3.8, 4) is 11.8 Å². The van der Waals surface area contributed by atoms with E-state index in [0.29, 0.717) is 34.9 Å². The van der Waals surface area contributed by atoms with E-state index in [4.69, 9.17) is 23.2 Å². The molecule has 0 radical (unpaired) electrons. The molecule has 1 heterocycles. The first-order chi connectivity index (χ1) is 11.5. The van der Waals surface area contributed by atoms with Gasteiger partial charge in [0.2, 0.25) is 0 Å². The third-order valence-electron chi connectivity index (χ3n) is 3.26. The molecule has 124 valence electrons. The molecule has 0 aliphatic rings. The lowest BCUT2D eigenvalue weighted by Gasteiger charge is -2.16. The Morgan fingerprint density at radius 2 is 2.00 bits per heavy atom. The second kappa shape index (κ2) is 8.68. The van der Waals surface area contributed by atoms with Crippen molar-refractivity contribution in [2.45, 2.75) is 13.1 Å². The molecule has 0 atom stereocenters. The number of nitrogens with zero attached hydrogens (tertiary/aromatic N) is 2. The van der Waals surface area contributed by atoms with Crippen molar-refractivity contribution >= 4 is 29.1 Å². The normalized spacial score (nSPS) is 10.0. The first-order valence-electron chi connectivity index (χ1n) is 7.23. The average Bonchev–Trinajstić information content (AvgIpc) is 2.60. The minimum Gasteiger partial charge on any atom is -0.341 e. The number of hydrogen-bond donors (Lipinski definition) is 0. The number of alkyl halides is 1. The summed E-state index contributed by atoms with van der Waals surface area (Å²) < 4.78 is 12.5. The Labute approximate surface area is 150 Å². The second-order valence-corrected chi connectivity index (χ2v) is 5.81. The Balaban J connectivity index is 1.96. The summed E-state index contributed by atoms with van der Waals surface area (Å²) in [5, 5.41) is 0.587. The highest BCUT2D eigenvalue weighted by Crippen LogP contribution is 2.26. The Hall–Kier alpha value is -2.09. The molecule has 0 saturated heterocycles. The molecule has 1 amide bonds. The van der Waals surface area contributed by atoms with Gasteiger partial charge in [-0.25, -0.2) is 9.37 Å². The van der Waals surface area contributed by atoms with Gasteiger partial charge in [-0.1, -0.05) is 41.3 Å². The molecule has 1 aromatic heterocycles. The first-order valence-corrected chi connectivity index (χ1v) is 7.98. The van der Waals surface area contributed by atoms with Gasteiger partial charge < -0.3 is 4.90 Å². The molecule has 0 spiro atoms. The number of carbonyl (C=O) groups excluding carboxylic acids is 1. The van der Waals surface area contributed by atoms with Crippen LogP contribution in [0.15, 0.2) is 36.4 Å². The minimum atomic E-state index is -0.618. The third kappa shape index (κ3) is 4.70. The van der Waals surface area contributed by atoms with Gasteiger partial charge in [0.1, 0.15) is 12.4 Å². The van der Waals surface area contributed by atoms with Gasteiger partial charge >= 0.3 is 0 Å². The van der Waals surface area contributed by atoms with Gasteiger partial charge in [-0.2, -0.15) is 0 Å². The minimum absolute atomic E-state index is 0.221. The van der Waals surface area contributed by atoms with E-state index in [1.54, 1.807) is 43.4 Å². The van der Waals surface area contributed by atoms with Crippen molar-refractivity contribution in [3.05, 3.63) is 63.4 Å². The molecule has 0 saturated carbocycles. The number of amides is 1. The van der Waals surface area contributed by atoms with E-state index in [0.717, 1.165) is 0 Å². The van der Waals surface area contributed by atoms with Gasteiger partial charge in [0, 0.05) is 20.0 Å². The molecule has 0 aliphatic carbocycles.